The van der Waals surface area contributed by atoms with Gasteiger partial charge in [-0.15, -0.1) is 0 Å². The molecule has 2 N–H and O–H groups in total. The van der Waals surface area contributed by atoms with E-state index in [0.29, 0.717) is 0 Å². The van der Waals surface area contributed by atoms with E-state index in [1.54, 1.807) is 0 Å². The van der Waals surface area contributed by atoms with Gasteiger partial charge in [-0.1, -0.05) is 19.1 Å². The first-order valence-corrected chi connectivity index (χ1v) is 7.47. The second-order valence-corrected chi connectivity index (χ2v) is 5.30. The van der Waals surface area contributed by atoms with Crippen LogP contribution in [-0.4, -0.2) is 25.1 Å². The summed E-state index contributed by atoms with van der Waals surface area (Å²) >= 11 is 0. The summed E-state index contributed by atoms with van der Waals surface area (Å²) in [7, 11) is 0. The molecule has 1 aromatic rings. The number of hydrogen-bond acceptors (Lipinski definition) is 3. The molecule has 1 heterocycles. The average molecular weight is 276 g/mol. The number of rotatable bonds is 6. The van der Waals surface area contributed by atoms with Gasteiger partial charge in [-0.3, -0.25) is 4.79 Å². The molecule has 0 spiro atoms. The lowest BCUT2D eigenvalue weighted by Gasteiger charge is -2.18. The molecule has 1 aliphatic heterocycles. The zero-order chi connectivity index (χ0) is 14.4. The first-order chi connectivity index (χ1) is 9.70. The van der Waals surface area contributed by atoms with E-state index in [-0.39, 0.29) is 18.0 Å². The lowest BCUT2D eigenvalue weighted by molar-refractivity contribution is -0.123. The summed E-state index contributed by atoms with van der Waals surface area (Å²) < 4.78 is 5.55. The van der Waals surface area contributed by atoms with E-state index in [2.05, 4.69) is 17.6 Å². The number of hydrogen-bond donors (Lipinski definition) is 2. The van der Waals surface area contributed by atoms with E-state index in [9.17, 15) is 4.79 Å². The molecule has 1 aliphatic rings. The molecule has 0 bridgehead atoms. The van der Waals surface area contributed by atoms with Crippen LogP contribution in [0.4, 0.5) is 0 Å². The van der Waals surface area contributed by atoms with Crippen molar-refractivity contribution in [3.05, 3.63) is 29.8 Å². The maximum atomic E-state index is 12.0. The van der Waals surface area contributed by atoms with Crippen LogP contribution in [-0.2, 0) is 4.79 Å². The maximum absolute atomic E-state index is 12.0. The van der Waals surface area contributed by atoms with E-state index < -0.39 is 0 Å². The normalized spacial score (nSPS) is 19.6. The molecule has 110 valence electrons. The second-order valence-electron chi connectivity index (χ2n) is 5.30. The zero-order valence-electron chi connectivity index (χ0n) is 12.3. The Morgan fingerprint density at radius 3 is 2.80 bits per heavy atom. The third kappa shape index (κ3) is 3.97. The van der Waals surface area contributed by atoms with Gasteiger partial charge in [0.25, 0.3) is 0 Å². The summed E-state index contributed by atoms with van der Waals surface area (Å²) in [4.78, 5) is 12.0. The highest BCUT2D eigenvalue weighted by atomic mass is 16.5. The van der Waals surface area contributed by atoms with Gasteiger partial charge in [0.1, 0.15) is 5.75 Å². The molecule has 1 aromatic carbocycles. The fourth-order valence-corrected chi connectivity index (χ4v) is 2.38. The van der Waals surface area contributed by atoms with Crippen LogP contribution in [0.2, 0.25) is 0 Å². The van der Waals surface area contributed by atoms with Crippen LogP contribution in [0.5, 0.6) is 5.75 Å². The van der Waals surface area contributed by atoms with Crippen LogP contribution in [0.25, 0.3) is 0 Å². The molecule has 20 heavy (non-hydrogen) atoms. The molecule has 4 heteroatoms. The topological polar surface area (TPSA) is 50.4 Å². The fourth-order valence-electron chi connectivity index (χ4n) is 2.38. The minimum absolute atomic E-state index is 0.0186. The number of ether oxygens (including phenoxy) is 1. The Kier molecular flexibility index (Phi) is 5.41. The molecule has 1 amide bonds. The summed E-state index contributed by atoms with van der Waals surface area (Å²) in [5.41, 5.74) is 1.10. The molecule has 2 unspecified atom stereocenters. The van der Waals surface area contributed by atoms with Gasteiger partial charge in [-0.2, -0.15) is 0 Å². The molecule has 4 nitrogen and oxygen atoms in total. The molecule has 2 rings (SSSR count). The van der Waals surface area contributed by atoms with Gasteiger partial charge in [-0.25, -0.2) is 0 Å². The van der Waals surface area contributed by atoms with E-state index in [1.165, 1.54) is 0 Å². The number of carbonyl (C=O) groups excluding carboxylic acids is 1. The summed E-state index contributed by atoms with van der Waals surface area (Å²) in [5.74, 6) is 0.980. The minimum Gasteiger partial charge on any atom is -0.494 e. The van der Waals surface area contributed by atoms with Gasteiger partial charge < -0.3 is 15.4 Å². The van der Waals surface area contributed by atoms with Crippen LogP contribution in [0.1, 0.15) is 44.7 Å². The van der Waals surface area contributed by atoms with Crippen LogP contribution >= 0.6 is 0 Å². The van der Waals surface area contributed by atoms with E-state index in [1.807, 2.05) is 31.2 Å². The lowest BCUT2D eigenvalue weighted by Crippen LogP contribution is -2.41. The Morgan fingerprint density at radius 1 is 1.45 bits per heavy atom. The minimum atomic E-state index is -0.0235. The highest BCUT2D eigenvalue weighted by Gasteiger charge is 2.23. The number of benzene rings is 1. The first-order valence-electron chi connectivity index (χ1n) is 7.47. The van der Waals surface area contributed by atoms with E-state index in [0.717, 1.165) is 43.7 Å². The molecule has 2 atom stereocenters. The largest absolute Gasteiger partial charge is 0.494 e. The van der Waals surface area contributed by atoms with Crippen LogP contribution in [0.15, 0.2) is 24.3 Å². The van der Waals surface area contributed by atoms with E-state index >= 15 is 0 Å². The molecular formula is C16H24N2O2. The first kappa shape index (κ1) is 14.9. The molecule has 1 saturated heterocycles. The van der Waals surface area contributed by atoms with Crippen LogP contribution in [0, 0.1) is 0 Å². The summed E-state index contributed by atoms with van der Waals surface area (Å²) in [6.07, 6.45) is 3.01. The van der Waals surface area contributed by atoms with Crippen molar-refractivity contribution in [2.75, 3.05) is 13.2 Å². The second kappa shape index (κ2) is 7.29. The van der Waals surface area contributed by atoms with E-state index in [4.69, 9.17) is 4.74 Å². The van der Waals surface area contributed by atoms with Crippen molar-refractivity contribution in [2.45, 2.75) is 45.2 Å². The molecular weight excluding hydrogens is 252 g/mol. The Labute approximate surface area is 120 Å². The summed E-state index contributed by atoms with van der Waals surface area (Å²) in [6, 6.07) is 7.94. The predicted molar refractivity (Wildman–Crippen MR) is 79.8 cm³/mol. The van der Waals surface area contributed by atoms with Crippen molar-refractivity contribution in [2.24, 2.45) is 0 Å². The summed E-state index contributed by atoms with van der Waals surface area (Å²) in [5, 5.41) is 6.27. The van der Waals surface area contributed by atoms with Crippen LogP contribution in [0.3, 0.4) is 0 Å². The Bertz CT molecular complexity index is 425. The third-order valence-electron chi connectivity index (χ3n) is 3.59. The maximum Gasteiger partial charge on any atom is 0.237 e. The van der Waals surface area contributed by atoms with Gasteiger partial charge in [0.05, 0.1) is 18.7 Å². The van der Waals surface area contributed by atoms with Gasteiger partial charge >= 0.3 is 0 Å². The standard InChI is InChI=1S/C16H24N2O2/c1-3-11-20-14-8-6-13(7-9-14)12(2)18-16(19)15-5-4-10-17-15/h6-9,12,15,17H,3-5,10-11H2,1-2H3,(H,18,19). The van der Waals surface area contributed by atoms with Gasteiger partial charge in [-0.05, 0) is 50.4 Å². The van der Waals surface area contributed by atoms with Gasteiger partial charge in [0.15, 0.2) is 0 Å². The molecule has 0 saturated carbocycles. The van der Waals surface area contributed by atoms with Crippen molar-refractivity contribution in [3.63, 3.8) is 0 Å². The SMILES string of the molecule is CCCOc1ccc(C(C)NC(=O)C2CCCN2)cc1. The molecule has 0 aliphatic carbocycles. The van der Waals surface area contributed by atoms with Crippen molar-refractivity contribution >= 4 is 5.91 Å². The Morgan fingerprint density at radius 2 is 2.20 bits per heavy atom. The third-order valence-corrected chi connectivity index (χ3v) is 3.59. The highest BCUT2D eigenvalue weighted by Crippen LogP contribution is 2.18. The highest BCUT2D eigenvalue weighted by molar-refractivity contribution is 5.82. The van der Waals surface area contributed by atoms with Gasteiger partial charge in [0.2, 0.25) is 5.91 Å². The van der Waals surface area contributed by atoms with Crippen LogP contribution < -0.4 is 15.4 Å². The number of carbonyl (C=O) groups is 1. The molecule has 1 fully saturated rings. The Balaban J connectivity index is 1.88. The van der Waals surface area contributed by atoms with Gasteiger partial charge in [0, 0.05) is 0 Å². The van der Waals surface area contributed by atoms with Crippen molar-refractivity contribution < 1.29 is 9.53 Å². The van der Waals surface area contributed by atoms with Crippen molar-refractivity contribution in [1.29, 1.82) is 0 Å². The van der Waals surface area contributed by atoms with Crippen molar-refractivity contribution in [3.8, 4) is 5.75 Å². The fraction of sp³-hybridized carbons (Fsp3) is 0.562. The number of nitrogens with one attached hydrogen (secondary N) is 2. The predicted octanol–water partition coefficient (Wildman–Crippen LogP) is 2.40. The smallest absolute Gasteiger partial charge is 0.237 e. The average Bonchev–Trinajstić information content (AvgIpc) is 3.00. The molecule has 0 radical (unpaired) electrons. The summed E-state index contributed by atoms with van der Waals surface area (Å²) in [6.45, 7) is 5.77. The zero-order valence-corrected chi connectivity index (χ0v) is 12.3. The number of amides is 1. The van der Waals surface area contributed by atoms with Crippen molar-refractivity contribution in [1.82, 2.24) is 10.6 Å². The monoisotopic (exact) mass is 276 g/mol. The lowest BCUT2D eigenvalue weighted by atomic mass is 10.1. The molecule has 0 aromatic heterocycles. The Hall–Kier alpha value is -1.55. The quantitative estimate of drug-likeness (QED) is 0.839.